The molecule has 0 unspecified atom stereocenters. The number of anilines is 1. The molecule has 2 aromatic rings. The number of para-hydroxylation sites is 1. The predicted molar refractivity (Wildman–Crippen MR) is 82.3 cm³/mol. The van der Waals surface area contributed by atoms with Crippen molar-refractivity contribution in [3.8, 4) is 11.5 Å². The van der Waals surface area contributed by atoms with E-state index in [1.54, 1.807) is 48.5 Å². The van der Waals surface area contributed by atoms with Crippen LogP contribution in [0.1, 0.15) is 24.2 Å². The lowest BCUT2D eigenvalue weighted by Crippen LogP contribution is -2.46. The molecule has 1 atom stereocenters. The van der Waals surface area contributed by atoms with Gasteiger partial charge in [-0.2, -0.15) is 0 Å². The molecule has 0 aliphatic carbocycles. The number of carbonyl (C=O) groups is 2. The minimum Gasteiger partial charge on any atom is -0.421 e. The lowest BCUT2D eigenvalue weighted by atomic mass is 10.2. The molecule has 118 valence electrons. The molecule has 1 amide bonds. The summed E-state index contributed by atoms with van der Waals surface area (Å²) in [5.74, 6) is -1.38. The first kappa shape index (κ1) is 14.9. The highest BCUT2D eigenvalue weighted by Crippen LogP contribution is 2.33. The molecule has 6 heteroatoms. The molecule has 23 heavy (non-hydrogen) atoms. The number of cyclic esters (lactones) is 1. The van der Waals surface area contributed by atoms with Gasteiger partial charge < -0.3 is 19.5 Å². The van der Waals surface area contributed by atoms with E-state index in [0.717, 1.165) is 0 Å². The van der Waals surface area contributed by atoms with E-state index < -0.39 is 11.9 Å². The highest BCUT2D eigenvalue weighted by molar-refractivity contribution is 5.93. The third kappa shape index (κ3) is 3.26. The first-order valence-electron chi connectivity index (χ1n) is 7.03. The smallest absolute Gasteiger partial charge is 0.416 e. The largest absolute Gasteiger partial charge is 0.421 e. The summed E-state index contributed by atoms with van der Waals surface area (Å²) in [5.41, 5.74) is 0.997. The van der Waals surface area contributed by atoms with Gasteiger partial charge >= 0.3 is 11.9 Å². The summed E-state index contributed by atoms with van der Waals surface area (Å²) in [6.45, 7) is 2.95. The van der Waals surface area contributed by atoms with Crippen molar-refractivity contribution >= 4 is 17.6 Å². The molecule has 0 saturated heterocycles. The van der Waals surface area contributed by atoms with Gasteiger partial charge in [-0.1, -0.05) is 12.1 Å². The molecule has 3 rings (SSSR count). The van der Waals surface area contributed by atoms with Crippen molar-refractivity contribution in [3.05, 3.63) is 54.1 Å². The van der Waals surface area contributed by atoms with Crippen molar-refractivity contribution in [1.82, 2.24) is 0 Å². The molecule has 1 N–H and O–H groups in total. The summed E-state index contributed by atoms with van der Waals surface area (Å²) in [6, 6.07) is 13.4. The van der Waals surface area contributed by atoms with Gasteiger partial charge in [0.2, 0.25) is 5.91 Å². The van der Waals surface area contributed by atoms with Gasteiger partial charge in [0.1, 0.15) is 17.1 Å². The predicted octanol–water partition coefficient (Wildman–Crippen LogP) is 2.95. The fourth-order valence-electron chi connectivity index (χ4n) is 2.23. The van der Waals surface area contributed by atoms with Crippen molar-refractivity contribution in [1.29, 1.82) is 0 Å². The maximum absolute atomic E-state index is 12.0. The zero-order chi connectivity index (χ0) is 16.4. The van der Waals surface area contributed by atoms with Crippen LogP contribution in [0.5, 0.6) is 11.5 Å². The number of hydrogen-bond acceptors (Lipinski definition) is 5. The van der Waals surface area contributed by atoms with Crippen LogP contribution in [0.25, 0.3) is 0 Å². The van der Waals surface area contributed by atoms with Crippen LogP contribution in [-0.2, 0) is 9.53 Å². The third-order valence-electron chi connectivity index (χ3n) is 3.16. The molecule has 1 heterocycles. The normalized spacial score (nSPS) is 19.1. The minimum atomic E-state index is -1.55. The van der Waals surface area contributed by atoms with E-state index in [4.69, 9.17) is 14.2 Å². The molecule has 0 aromatic heterocycles. The number of amides is 1. The van der Waals surface area contributed by atoms with Crippen molar-refractivity contribution in [2.75, 3.05) is 5.32 Å². The number of hydrogen-bond donors (Lipinski definition) is 1. The molecule has 0 bridgehead atoms. The molecule has 0 saturated carbocycles. The lowest BCUT2D eigenvalue weighted by molar-refractivity contribution is -0.263. The molecule has 6 nitrogen and oxygen atoms in total. The quantitative estimate of drug-likeness (QED) is 0.882. The second-order valence-corrected chi connectivity index (χ2v) is 5.16. The molecule has 0 fully saturated rings. The van der Waals surface area contributed by atoms with Crippen LogP contribution < -0.4 is 14.8 Å². The van der Waals surface area contributed by atoms with Gasteiger partial charge in [0.05, 0.1) is 6.92 Å². The van der Waals surface area contributed by atoms with Gasteiger partial charge in [-0.05, 0) is 36.4 Å². The van der Waals surface area contributed by atoms with Gasteiger partial charge in [-0.25, -0.2) is 4.79 Å². The molecule has 0 spiro atoms. The van der Waals surface area contributed by atoms with Gasteiger partial charge in [-0.15, -0.1) is 0 Å². The summed E-state index contributed by atoms with van der Waals surface area (Å²) < 4.78 is 16.6. The monoisotopic (exact) mass is 313 g/mol. The van der Waals surface area contributed by atoms with E-state index in [1.165, 1.54) is 13.8 Å². The fraction of sp³-hybridized carbons (Fsp3) is 0.176. The van der Waals surface area contributed by atoms with Crippen molar-refractivity contribution in [2.24, 2.45) is 0 Å². The second-order valence-electron chi connectivity index (χ2n) is 5.16. The number of carbonyl (C=O) groups excluding carboxylic acids is 2. The Morgan fingerprint density at radius 2 is 1.78 bits per heavy atom. The Bertz CT molecular complexity index is 756. The molecular weight excluding hydrogens is 298 g/mol. The van der Waals surface area contributed by atoms with E-state index in [9.17, 15) is 9.59 Å². The topological polar surface area (TPSA) is 73.9 Å². The summed E-state index contributed by atoms with van der Waals surface area (Å²) in [4.78, 5) is 23.0. The van der Waals surface area contributed by atoms with Crippen LogP contribution in [0.4, 0.5) is 5.69 Å². The average molecular weight is 313 g/mol. The van der Waals surface area contributed by atoms with E-state index in [-0.39, 0.29) is 5.91 Å². The summed E-state index contributed by atoms with van der Waals surface area (Å²) in [5, 5.41) is 2.65. The number of rotatable bonds is 3. The minimum absolute atomic E-state index is 0.160. The maximum atomic E-state index is 12.0. The summed E-state index contributed by atoms with van der Waals surface area (Å²) in [7, 11) is 0. The SMILES string of the molecule is CC(=O)Nc1ccc(O[C@]2(C)OC(=O)c3ccccc3O2)cc1. The molecular formula is C17H15NO5. The van der Waals surface area contributed by atoms with E-state index in [0.29, 0.717) is 22.7 Å². The van der Waals surface area contributed by atoms with Crippen LogP contribution >= 0.6 is 0 Å². The van der Waals surface area contributed by atoms with Gasteiger partial charge in [0.15, 0.2) is 0 Å². The Labute approximate surface area is 133 Å². The van der Waals surface area contributed by atoms with Crippen LogP contribution in [-0.4, -0.2) is 17.8 Å². The standard InChI is InChI=1S/C17H15NO5/c1-11(19)18-12-7-9-13(10-8-12)21-17(2)22-15-6-4-3-5-14(15)16(20)23-17/h3-10H,1-2H3,(H,18,19)/t17-/m0/s1. The first-order chi connectivity index (χ1) is 11.0. The van der Waals surface area contributed by atoms with Crippen LogP contribution in [0, 0.1) is 0 Å². The fourth-order valence-corrected chi connectivity index (χ4v) is 2.23. The van der Waals surface area contributed by atoms with Crippen LogP contribution in [0.15, 0.2) is 48.5 Å². The Kier molecular flexibility index (Phi) is 3.65. The third-order valence-corrected chi connectivity index (χ3v) is 3.16. The lowest BCUT2D eigenvalue weighted by Gasteiger charge is -2.33. The molecule has 1 aliphatic heterocycles. The van der Waals surface area contributed by atoms with Gasteiger partial charge in [-0.3, -0.25) is 4.79 Å². The summed E-state index contributed by atoms with van der Waals surface area (Å²) >= 11 is 0. The van der Waals surface area contributed by atoms with Crippen molar-refractivity contribution in [2.45, 2.75) is 19.8 Å². The van der Waals surface area contributed by atoms with Crippen LogP contribution in [0.3, 0.4) is 0 Å². The number of ether oxygens (including phenoxy) is 3. The van der Waals surface area contributed by atoms with E-state index in [1.807, 2.05) is 0 Å². The highest BCUT2D eigenvalue weighted by atomic mass is 16.9. The Morgan fingerprint density at radius 1 is 1.09 bits per heavy atom. The van der Waals surface area contributed by atoms with E-state index in [2.05, 4.69) is 5.32 Å². The Hall–Kier alpha value is -3.02. The number of nitrogens with one attached hydrogen (secondary N) is 1. The second kappa shape index (κ2) is 5.64. The average Bonchev–Trinajstić information content (AvgIpc) is 2.48. The Balaban J connectivity index is 1.77. The first-order valence-corrected chi connectivity index (χ1v) is 7.03. The number of benzene rings is 2. The molecule has 2 aromatic carbocycles. The highest BCUT2D eigenvalue weighted by Gasteiger charge is 2.40. The number of fused-ring (bicyclic) bond motifs is 1. The van der Waals surface area contributed by atoms with Crippen LogP contribution in [0.2, 0.25) is 0 Å². The zero-order valence-corrected chi connectivity index (χ0v) is 12.7. The van der Waals surface area contributed by atoms with E-state index >= 15 is 0 Å². The van der Waals surface area contributed by atoms with Gasteiger partial charge in [0.25, 0.3) is 0 Å². The molecule has 0 radical (unpaired) electrons. The van der Waals surface area contributed by atoms with Gasteiger partial charge in [0, 0.05) is 12.6 Å². The molecule has 1 aliphatic rings. The maximum Gasteiger partial charge on any atom is 0.416 e. The zero-order valence-electron chi connectivity index (χ0n) is 12.7. The summed E-state index contributed by atoms with van der Waals surface area (Å²) in [6.07, 6.45) is 0. The van der Waals surface area contributed by atoms with Crippen molar-refractivity contribution < 1.29 is 23.8 Å². The Morgan fingerprint density at radius 3 is 2.48 bits per heavy atom. The van der Waals surface area contributed by atoms with Crippen molar-refractivity contribution in [3.63, 3.8) is 0 Å². The number of esters is 1.